The van der Waals surface area contributed by atoms with Gasteiger partial charge in [0.05, 0.1) is 0 Å². The van der Waals surface area contributed by atoms with Gasteiger partial charge in [-0.05, 0) is 18.5 Å². The third-order valence-electron chi connectivity index (χ3n) is 2.66. The third kappa shape index (κ3) is 3.56. The molecule has 0 aliphatic carbocycles. The smallest absolute Gasteiger partial charge is 0.203 e. The standard InChI is InChI=1S/C13H17N5/c1-2-3-8-14-9-11-4-6-12(7-5-11)13-17-15-10-16-18-13/h4-7,10,14H,2-3,8-9H2,1H3. The largest absolute Gasteiger partial charge is 0.313 e. The summed E-state index contributed by atoms with van der Waals surface area (Å²) in [6, 6.07) is 8.14. The Bertz CT molecular complexity index is 455. The lowest BCUT2D eigenvalue weighted by Gasteiger charge is -2.04. The number of hydrogen-bond acceptors (Lipinski definition) is 5. The molecule has 18 heavy (non-hydrogen) atoms. The first-order chi connectivity index (χ1) is 8.90. The first-order valence-electron chi connectivity index (χ1n) is 6.20. The molecule has 94 valence electrons. The highest BCUT2D eigenvalue weighted by atomic mass is 15.3. The Morgan fingerprint density at radius 2 is 1.78 bits per heavy atom. The van der Waals surface area contributed by atoms with Crippen LogP contribution in [0.5, 0.6) is 0 Å². The fraction of sp³-hybridized carbons (Fsp3) is 0.385. The second-order valence-electron chi connectivity index (χ2n) is 4.10. The zero-order valence-corrected chi connectivity index (χ0v) is 10.5. The van der Waals surface area contributed by atoms with Crippen molar-refractivity contribution in [2.24, 2.45) is 0 Å². The van der Waals surface area contributed by atoms with Crippen molar-refractivity contribution < 1.29 is 0 Å². The molecule has 1 aromatic carbocycles. The molecule has 2 aromatic rings. The van der Waals surface area contributed by atoms with Crippen LogP contribution in [0.2, 0.25) is 0 Å². The maximum Gasteiger partial charge on any atom is 0.203 e. The van der Waals surface area contributed by atoms with Crippen LogP contribution in [-0.4, -0.2) is 26.9 Å². The van der Waals surface area contributed by atoms with E-state index in [1.807, 2.05) is 12.1 Å². The summed E-state index contributed by atoms with van der Waals surface area (Å²) in [6.07, 6.45) is 3.76. The van der Waals surface area contributed by atoms with Crippen LogP contribution in [0.25, 0.3) is 11.4 Å². The third-order valence-corrected chi connectivity index (χ3v) is 2.66. The SMILES string of the molecule is CCCCNCc1ccc(-c2nncnn2)cc1. The molecule has 0 saturated carbocycles. The topological polar surface area (TPSA) is 63.6 Å². The summed E-state index contributed by atoms with van der Waals surface area (Å²) in [7, 11) is 0. The van der Waals surface area contributed by atoms with Crippen LogP contribution in [0.1, 0.15) is 25.3 Å². The molecule has 0 saturated heterocycles. The van der Waals surface area contributed by atoms with E-state index < -0.39 is 0 Å². The van der Waals surface area contributed by atoms with Crippen molar-refractivity contribution in [1.29, 1.82) is 0 Å². The Hall–Kier alpha value is -1.88. The van der Waals surface area contributed by atoms with Crippen molar-refractivity contribution in [1.82, 2.24) is 25.7 Å². The molecule has 0 fully saturated rings. The summed E-state index contributed by atoms with van der Waals surface area (Å²) in [4.78, 5) is 0. The average Bonchev–Trinajstić information content (AvgIpc) is 2.45. The van der Waals surface area contributed by atoms with Crippen molar-refractivity contribution in [2.45, 2.75) is 26.3 Å². The van der Waals surface area contributed by atoms with E-state index in [2.05, 4.69) is 44.8 Å². The molecule has 0 aliphatic heterocycles. The first kappa shape index (κ1) is 12.6. The molecule has 5 nitrogen and oxygen atoms in total. The zero-order chi connectivity index (χ0) is 12.6. The van der Waals surface area contributed by atoms with Gasteiger partial charge >= 0.3 is 0 Å². The van der Waals surface area contributed by atoms with Crippen LogP contribution < -0.4 is 5.32 Å². The average molecular weight is 243 g/mol. The van der Waals surface area contributed by atoms with E-state index in [0.717, 1.165) is 18.7 Å². The quantitative estimate of drug-likeness (QED) is 0.784. The molecule has 2 rings (SSSR count). The van der Waals surface area contributed by atoms with Gasteiger partial charge in [0, 0.05) is 12.1 Å². The minimum absolute atomic E-state index is 0.558. The monoisotopic (exact) mass is 243 g/mol. The van der Waals surface area contributed by atoms with Gasteiger partial charge in [-0.3, -0.25) is 0 Å². The minimum atomic E-state index is 0.558. The van der Waals surface area contributed by atoms with Crippen molar-refractivity contribution in [3.8, 4) is 11.4 Å². The molecule has 5 heteroatoms. The fourth-order valence-corrected chi connectivity index (χ4v) is 1.63. The lowest BCUT2D eigenvalue weighted by Crippen LogP contribution is -2.14. The van der Waals surface area contributed by atoms with Crippen molar-refractivity contribution in [3.05, 3.63) is 36.2 Å². The minimum Gasteiger partial charge on any atom is -0.313 e. The summed E-state index contributed by atoms with van der Waals surface area (Å²) in [5, 5.41) is 18.7. The second-order valence-corrected chi connectivity index (χ2v) is 4.10. The van der Waals surface area contributed by atoms with Gasteiger partial charge in [-0.25, -0.2) is 0 Å². The molecular formula is C13H17N5. The molecule has 1 aromatic heterocycles. The molecule has 0 amide bonds. The van der Waals surface area contributed by atoms with Crippen LogP contribution in [0, 0.1) is 0 Å². The first-order valence-corrected chi connectivity index (χ1v) is 6.20. The zero-order valence-electron chi connectivity index (χ0n) is 10.5. The number of aromatic nitrogens is 4. The van der Waals surface area contributed by atoms with Crippen LogP contribution in [-0.2, 0) is 6.54 Å². The summed E-state index contributed by atoms with van der Waals surface area (Å²) < 4.78 is 0. The van der Waals surface area contributed by atoms with Gasteiger partial charge < -0.3 is 5.32 Å². The number of nitrogens with one attached hydrogen (secondary N) is 1. The molecule has 1 N–H and O–H groups in total. The molecular weight excluding hydrogens is 226 g/mol. The molecule has 0 aliphatic rings. The fourth-order valence-electron chi connectivity index (χ4n) is 1.63. The van der Waals surface area contributed by atoms with Crippen LogP contribution in [0.3, 0.4) is 0 Å². The van der Waals surface area contributed by atoms with Gasteiger partial charge in [0.25, 0.3) is 0 Å². The van der Waals surface area contributed by atoms with E-state index in [-0.39, 0.29) is 0 Å². The van der Waals surface area contributed by atoms with E-state index in [9.17, 15) is 0 Å². The van der Waals surface area contributed by atoms with Gasteiger partial charge in [0.1, 0.15) is 0 Å². The van der Waals surface area contributed by atoms with Crippen molar-refractivity contribution in [3.63, 3.8) is 0 Å². The number of benzene rings is 1. The highest BCUT2D eigenvalue weighted by Crippen LogP contribution is 2.13. The summed E-state index contributed by atoms with van der Waals surface area (Å²) in [5.41, 5.74) is 2.19. The van der Waals surface area contributed by atoms with Crippen molar-refractivity contribution >= 4 is 0 Å². The Balaban J connectivity index is 1.94. The van der Waals surface area contributed by atoms with E-state index in [4.69, 9.17) is 0 Å². The van der Waals surface area contributed by atoms with Crippen LogP contribution in [0.15, 0.2) is 30.6 Å². The number of unbranched alkanes of at least 4 members (excludes halogenated alkanes) is 1. The van der Waals surface area contributed by atoms with Gasteiger partial charge in [0.2, 0.25) is 5.82 Å². The predicted octanol–water partition coefficient (Wildman–Crippen LogP) is 1.82. The summed E-state index contributed by atoms with van der Waals surface area (Å²) in [6.45, 7) is 4.15. The second kappa shape index (κ2) is 6.76. The Kier molecular flexibility index (Phi) is 4.72. The summed E-state index contributed by atoms with van der Waals surface area (Å²) in [5.74, 6) is 0.558. The molecule has 0 spiro atoms. The highest BCUT2D eigenvalue weighted by Gasteiger charge is 2.01. The van der Waals surface area contributed by atoms with E-state index in [0.29, 0.717) is 5.82 Å². The maximum atomic E-state index is 3.93. The van der Waals surface area contributed by atoms with Gasteiger partial charge in [-0.2, -0.15) is 0 Å². The van der Waals surface area contributed by atoms with Gasteiger partial charge in [-0.1, -0.05) is 37.6 Å². The lowest BCUT2D eigenvalue weighted by molar-refractivity contribution is 0.641. The highest BCUT2D eigenvalue weighted by molar-refractivity contribution is 5.53. The lowest BCUT2D eigenvalue weighted by atomic mass is 10.1. The number of nitrogens with zero attached hydrogens (tertiary/aromatic N) is 4. The van der Waals surface area contributed by atoms with Crippen LogP contribution >= 0.6 is 0 Å². The Labute approximate surface area is 107 Å². The molecule has 0 radical (unpaired) electrons. The molecule has 0 unspecified atom stereocenters. The molecule has 0 atom stereocenters. The van der Waals surface area contributed by atoms with E-state index >= 15 is 0 Å². The number of rotatable bonds is 6. The Morgan fingerprint density at radius 1 is 1.06 bits per heavy atom. The summed E-state index contributed by atoms with van der Waals surface area (Å²) >= 11 is 0. The normalized spacial score (nSPS) is 10.5. The molecule has 0 bridgehead atoms. The maximum absolute atomic E-state index is 3.93. The molecule has 1 heterocycles. The number of hydrogen-bond donors (Lipinski definition) is 1. The van der Waals surface area contributed by atoms with Gasteiger partial charge in [-0.15, -0.1) is 20.4 Å². The van der Waals surface area contributed by atoms with E-state index in [1.165, 1.54) is 24.7 Å². The van der Waals surface area contributed by atoms with Crippen molar-refractivity contribution in [2.75, 3.05) is 6.54 Å². The predicted molar refractivity (Wildman–Crippen MR) is 69.7 cm³/mol. The van der Waals surface area contributed by atoms with Gasteiger partial charge in [0.15, 0.2) is 6.33 Å². The van der Waals surface area contributed by atoms with E-state index in [1.54, 1.807) is 0 Å². The van der Waals surface area contributed by atoms with Crippen LogP contribution in [0.4, 0.5) is 0 Å². The Morgan fingerprint density at radius 3 is 2.44 bits per heavy atom.